The van der Waals surface area contributed by atoms with Crippen LogP contribution in [0.2, 0.25) is 0 Å². The number of nitrogens with one attached hydrogen (secondary N) is 1. The molecule has 1 aromatic carbocycles. The Kier molecular flexibility index (Phi) is 4.63. The lowest BCUT2D eigenvalue weighted by atomic mass is 9.92. The summed E-state index contributed by atoms with van der Waals surface area (Å²) < 4.78 is 0. The van der Waals surface area contributed by atoms with Gasteiger partial charge >= 0.3 is 0 Å². The van der Waals surface area contributed by atoms with Crippen LogP contribution in [0.25, 0.3) is 10.9 Å². The second-order valence-electron chi connectivity index (χ2n) is 7.13. The molecule has 0 spiro atoms. The number of likely N-dealkylation sites (N-methyl/N-ethyl adjacent to an activating group) is 1. The fourth-order valence-electron chi connectivity index (χ4n) is 3.99. The number of nitrogens with zero attached hydrogens (tertiary/aromatic N) is 4. The molecule has 5 nitrogen and oxygen atoms in total. The van der Waals surface area contributed by atoms with Gasteiger partial charge in [-0.05, 0) is 64.1 Å². The predicted octanol–water partition coefficient (Wildman–Crippen LogP) is 2.24. The Morgan fingerprint density at radius 3 is 2.79 bits per heavy atom. The molecule has 0 atom stereocenters. The molecular formula is C19H27N5. The minimum absolute atomic E-state index is 0.564. The molecule has 0 bridgehead atoms. The zero-order chi connectivity index (χ0) is 16.4. The van der Waals surface area contributed by atoms with Gasteiger partial charge in [0.1, 0.15) is 6.33 Å². The van der Waals surface area contributed by atoms with Gasteiger partial charge in [-0.2, -0.15) is 0 Å². The van der Waals surface area contributed by atoms with E-state index in [0.717, 1.165) is 38.2 Å². The summed E-state index contributed by atoms with van der Waals surface area (Å²) in [4.78, 5) is 14.1. The lowest BCUT2D eigenvalue weighted by molar-refractivity contribution is 0.360. The van der Waals surface area contributed by atoms with E-state index in [4.69, 9.17) is 0 Å². The van der Waals surface area contributed by atoms with Crippen LogP contribution in [0, 0.1) is 0 Å². The SMILES string of the molecule is CN1CCCN(c2ccc3c(C4CCNCC4)ncnc3c2)CC1. The molecule has 1 N–H and O–H groups in total. The molecule has 2 fully saturated rings. The summed E-state index contributed by atoms with van der Waals surface area (Å²) >= 11 is 0. The fraction of sp³-hybridized carbons (Fsp3) is 0.579. The molecule has 4 rings (SSSR count). The average Bonchev–Trinajstić information content (AvgIpc) is 2.86. The van der Waals surface area contributed by atoms with Crippen LogP contribution in [0.5, 0.6) is 0 Å². The Morgan fingerprint density at radius 2 is 1.92 bits per heavy atom. The quantitative estimate of drug-likeness (QED) is 0.917. The Balaban J connectivity index is 1.63. The van der Waals surface area contributed by atoms with Crippen LogP contribution in [0.4, 0.5) is 5.69 Å². The summed E-state index contributed by atoms with van der Waals surface area (Å²) in [6.07, 6.45) is 5.32. The summed E-state index contributed by atoms with van der Waals surface area (Å²) in [5.41, 5.74) is 3.63. The lowest BCUT2D eigenvalue weighted by Crippen LogP contribution is -2.28. The highest BCUT2D eigenvalue weighted by Crippen LogP contribution is 2.30. The van der Waals surface area contributed by atoms with Crippen molar-refractivity contribution < 1.29 is 0 Å². The van der Waals surface area contributed by atoms with Crippen LogP contribution >= 0.6 is 0 Å². The number of aromatic nitrogens is 2. The zero-order valence-electron chi connectivity index (χ0n) is 14.5. The molecular weight excluding hydrogens is 298 g/mol. The van der Waals surface area contributed by atoms with Crippen molar-refractivity contribution in [3.8, 4) is 0 Å². The Labute approximate surface area is 144 Å². The second kappa shape index (κ2) is 7.03. The first kappa shape index (κ1) is 15.8. The van der Waals surface area contributed by atoms with E-state index in [2.05, 4.69) is 50.3 Å². The van der Waals surface area contributed by atoms with E-state index in [1.54, 1.807) is 6.33 Å². The lowest BCUT2D eigenvalue weighted by Gasteiger charge is -2.25. The van der Waals surface area contributed by atoms with E-state index < -0.39 is 0 Å². The van der Waals surface area contributed by atoms with Crippen LogP contribution in [0.15, 0.2) is 24.5 Å². The third kappa shape index (κ3) is 3.23. The Hall–Kier alpha value is -1.72. The maximum absolute atomic E-state index is 4.64. The summed E-state index contributed by atoms with van der Waals surface area (Å²) in [6.45, 7) is 6.72. The predicted molar refractivity (Wildman–Crippen MR) is 98.7 cm³/mol. The Bertz CT molecular complexity index is 695. The minimum Gasteiger partial charge on any atom is -0.370 e. The topological polar surface area (TPSA) is 44.3 Å². The summed E-state index contributed by atoms with van der Waals surface area (Å²) in [7, 11) is 2.21. The van der Waals surface area contributed by atoms with Crippen LogP contribution in [-0.4, -0.2) is 61.2 Å². The van der Waals surface area contributed by atoms with Gasteiger partial charge in [0, 0.05) is 36.6 Å². The number of hydrogen-bond donors (Lipinski definition) is 1. The van der Waals surface area contributed by atoms with Gasteiger partial charge in [-0.3, -0.25) is 0 Å². The number of hydrogen-bond acceptors (Lipinski definition) is 5. The molecule has 0 radical (unpaired) electrons. The van der Waals surface area contributed by atoms with Crippen molar-refractivity contribution in [1.29, 1.82) is 0 Å². The molecule has 2 aliphatic rings. The monoisotopic (exact) mass is 325 g/mol. The van der Waals surface area contributed by atoms with E-state index in [1.807, 2.05) is 0 Å². The largest absolute Gasteiger partial charge is 0.370 e. The average molecular weight is 325 g/mol. The fourth-order valence-corrected chi connectivity index (χ4v) is 3.99. The normalized spacial score (nSPS) is 21.1. The Morgan fingerprint density at radius 1 is 1.04 bits per heavy atom. The van der Waals surface area contributed by atoms with Gasteiger partial charge in [-0.15, -0.1) is 0 Å². The van der Waals surface area contributed by atoms with Gasteiger partial charge in [0.05, 0.1) is 11.2 Å². The van der Waals surface area contributed by atoms with Gasteiger partial charge in [0.15, 0.2) is 0 Å². The first-order chi connectivity index (χ1) is 11.8. The molecule has 3 heterocycles. The number of fused-ring (bicyclic) bond motifs is 1. The van der Waals surface area contributed by atoms with Crippen molar-refractivity contribution in [1.82, 2.24) is 20.2 Å². The summed E-state index contributed by atoms with van der Waals surface area (Å²) in [5.74, 6) is 0.564. The van der Waals surface area contributed by atoms with Gasteiger partial charge in [0.2, 0.25) is 0 Å². The van der Waals surface area contributed by atoms with E-state index >= 15 is 0 Å². The number of rotatable bonds is 2. The molecule has 128 valence electrons. The maximum atomic E-state index is 4.64. The second-order valence-corrected chi connectivity index (χ2v) is 7.13. The summed E-state index contributed by atoms with van der Waals surface area (Å²) in [6, 6.07) is 6.77. The summed E-state index contributed by atoms with van der Waals surface area (Å²) in [5, 5.41) is 4.68. The molecule has 24 heavy (non-hydrogen) atoms. The molecule has 0 aliphatic carbocycles. The third-order valence-corrected chi connectivity index (χ3v) is 5.46. The molecule has 1 aromatic heterocycles. The smallest absolute Gasteiger partial charge is 0.116 e. The van der Waals surface area contributed by atoms with Crippen molar-refractivity contribution in [3.05, 3.63) is 30.2 Å². The maximum Gasteiger partial charge on any atom is 0.116 e. The van der Waals surface area contributed by atoms with E-state index in [-0.39, 0.29) is 0 Å². The van der Waals surface area contributed by atoms with Crippen molar-refractivity contribution in [3.63, 3.8) is 0 Å². The van der Waals surface area contributed by atoms with Gasteiger partial charge in [-0.1, -0.05) is 0 Å². The highest BCUT2D eigenvalue weighted by Gasteiger charge is 2.20. The van der Waals surface area contributed by atoms with Crippen LogP contribution in [0.1, 0.15) is 30.9 Å². The minimum atomic E-state index is 0.564. The molecule has 5 heteroatoms. The van der Waals surface area contributed by atoms with Crippen LogP contribution < -0.4 is 10.2 Å². The van der Waals surface area contributed by atoms with Crippen LogP contribution in [-0.2, 0) is 0 Å². The highest BCUT2D eigenvalue weighted by molar-refractivity contribution is 5.84. The number of benzene rings is 1. The first-order valence-corrected chi connectivity index (χ1v) is 9.20. The molecule has 0 unspecified atom stereocenters. The molecule has 0 amide bonds. The van der Waals surface area contributed by atoms with Crippen molar-refractivity contribution >= 4 is 16.6 Å². The molecule has 2 aliphatic heterocycles. The molecule has 2 saturated heterocycles. The van der Waals surface area contributed by atoms with E-state index in [9.17, 15) is 0 Å². The van der Waals surface area contributed by atoms with Gasteiger partial charge < -0.3 is 15.1 Å². The first-order valence-electron chi connectivity index (χ1n) is 9.20. The van der Waals surface area contributed by atoms with E-state index in [0.29, 0.717) is 5.92 Å². The number of piperidine rings is 1. The van der Waals surface area contributed by atoms with Gasteiger partial charge in [0.25, 0.3) is 0 Å². The third-order valence-electron chi connectivity index (χ3n) is 5.46. The number of anilines is 1. The standard InChI is InChI=1S/C19H27N5/c1-23-9-2-10-24(12-11-23)16-3-4-17-18(13-16)21-14-22-19(17)15-5-7-20-8-6-15/h3-4,13-15,20H,2,5-12H2,1H3. The van der Waals surface area contributed by atoms with Crippen molar-refractivity contribution in [2.75, 3.05) is 51.2 Å². The van der Waals surface area contributed by atoms with Crippen LogP contribution in [0.3, 0.4) is 0 Å². The van der Waals surface area contributed by atoms with Crippen molar-refractivity contribution in [2.45, 2.75) is 25.2 Å². The molecule has 0 saturated carbocycles. The van der Waals surface area contributed by atoms with Gasteiger partial charge in [-0.25, -0.2) is 9.97 Å². The van der Waals surface area contributed by atoms with E-state index in [1.165, 1.54) is 42.6 Å². The highest BCUT2D eigenvalue weighted by atomic mass is 15.2. The zero-order valence-corrected chi connectivity index (χ0v) is 14.5. The van der Waals surface area contributed by atoms with Crippen molar-refractivity contribution in [2.24, 2.45) is 0 Å². The molecule has 2 aromatic rings.